The predicted molar refractivity (Wildman–Crippen MR) is 151 cm³/mol. The van der Waals surface area contributed by atoms with Crippen LogP contribution in [0.3, 0.4) is 0 Å². The van der Waals surface area contributed by atoms with Gasteiger partial charge >= 0.3 is 5.97 Å². The zero-order valence-electron chi connectivity index (χ0n) is 23.1. The van der Waals surface area contributed by atoms with Crippen LogP contribution in [0.4, 0.5) is 0 Å². The van der Waals surface area contributed by atoms with Crippen LogP contribution >= 0.6 is 0 Å². The molecule has 0 bridgehead atoms. The van der Waals surface area contributed by atoms with E-state index in [1.165, 1.54) is 16.3 Å². The SMILES string of the molecule is CCOC(=O)Cc1cccc(Cn2nc(C)ccc2=O)c1.Cc1ccc(CNC(=O)CN2CCNCC2)cc1. The number of nitrogens with one attached hydrogen (secondary N) is 2. The summed E-state index contributed by atoms with van der Waals surface area (Å²) in [6, 6.07) is 19.0. The van der Waals surface area contributed by atoms with E-state index >= 15 is 0 Å². The molecule has 0 saturated carbocycles. The number of aromatic nitrogens is 2. The molecule has 1 aliphatic rings. The Kier molecular flexibility index (Phi) is 11.9. The highest BCUT2D eigenvalue weighted by Gasteiger charge is 2.13. The van der Waals surface area contributed by atoms with Gasteiger partial charge in [0.2, 0.25) is 5.91 Å². The van der Waals surface area contributed by atoms with Gasteiger partial charge in [-0.25, -0.2) is 4.68 Å². The molecule has 0 radical (unpaired) electrons. The average molecular weight is 534 g/mol. The van der Waals surface area contributed by atoms with E-state index in [0.29, 0.717) is 26.2 Å². The number of ether oxygens (including phenoxy) is 1. The molecule has 1 aliphatic heterocycles. The molecule has 2 heterocycles. The molecule has 9 nitrogen and oxygen atoms in total. The summed E-state index contributed by atoms with van der Waals surface area (Å²) in [5, 5.41) is 10.4. The maximum Gasteiger partial charge on any atom is 0.310 e. The highest BCUT2D eigenvalue weighted by Crippen LogP contribution is 2.08. The molecule has 208 valence electrons. The number of aryl methyl sites for hydroxylation is 2. The van der Waals surface area contributed by atoms with E-state index in [0.717, 1.165) is 48.6 Å². The topological polar surface area (TPSA) is 106 Å². The fourth-order valence-electron chi connectivity index (χ4n) is 4.09. The van der Waals surface area contributed by atoms with E-state index in [1.807, 2.05) is 31.2 Å². The van der Waals surface area contributed by atoms with E-state index in [1.54, 1.807) is 13.0 Å². The lowest BCUT2D eigenvalue weighted by atomic mass is 10.1. The molecule has 39 heavy (non-hydrogen) atoms. The summed E-state index contributed by atoms with van der Waals surface area (Å²) in [5.41, 5.74) is 4.83. The van der Waals surface area contributed by atoms with Gasteiger partial charge in [-0.15, -0.1) is 0 Å². The van der Waals surface area contributed by atoms with Crippen LogP contribution in [0.2, 0.25) is 0 Å². The summed E-state index contributed by atoms with van der Waals surface area (Å²) < 4.78 is 6.35. The number of hydrogen-bond acceptors (Lipinski definition) is 7. The van der Waals surface area contributed by atoms with Crippen molar-refractivity contribution in [3.05, 3.63) is 99.0 Å². The first-order valence-electron chi connectivity index (χ1n) is 13.4. The molecule has 0 aliphatic carbocycles. The van der Waals surface area contributed by atoms with E-state index in [2.05, 4.69) is 51.8 Å². The van der Waals surface area contributed by atoms with Crippen LogP contribution in [0.15, 0.2) is 65.5 Å². The van der Waals surface area contributed by atoms with Crippen molar-refractivity contribution in [2.75, 3.05) is 39.3 Å². The van der Waals surface area contributed by atoms with Gasteiger partial charge in [-0.3, -0.25) is 19.3 Å². The van der Waals surface area contributed by atoms with Crippen LogP contribution in [0.25, 0.3) is 0 Å². The van der Waals surface area contributed by atoms with Gasteiger partial charge in [0.05, 0.1) is 31.8 Å². The Bertz CT molecular complexity index is 1270. The summed E-state index contributed by atoms with van der Waals surface area (Å²) in [7, 11) is 0. The second kappa shape index (κ2) is 15.6. The lowest BCUT2D eigenvalue weighted by Gasteiger charge is -2.26. The molecule has 1 fully saturated rings. The highest BCUT2D eigenvalue weighted by molar-refractivity contribution is 5.78. The summed E-state index contributed by atoms with van der Waals surface area (Å²) in [5.74, 6) is -0.141. The lowest BCUT2D eigenvalue weighted by Crippen LogP contribution is -2.47. The van der Waals surface area contributed by atoms with Crippen molar-refractivity contribution in [2.24, 2.45) is 0 Å². The van der Waals surface area contributed by atoms with Crippen LogP contribution < -0.4 is 16.2 Å². The van der Waals surface area contributed by atoms with Gasteiger partial charge < -0.3 is 15.4 Å². The van der Waals surface area contributed by atoms with Crippen molar-refractivity contribution < 1.29 is 14.3 Å². The third kappa shape index (κ3) is 10.8. The fourth-order valence-corrected chi connectivity index (χ4v) is 4.09. The maximum atomic E-state index is 11.8. The normalized spacial score (nSPS) is 13.2. The highest BCUT2D eigenvalue weighted by atomic mass is 16.5. The van der Waals surface area contributed by atoms with Gasteiger partial charge in [0.15, 0.2) is 0 Å². The Morgan fingerprint density at radius 1 is 0.974 bits per heavy atom. The summed E-state index contributed by atoms with van der Waals surface area (Å²) in [6.45, 7) is 11.4. The third-order valence-corrected chi connectivity index (χ3v) is 6.16. The molecule has 1 aromatic heterocycles. The van der Waals surface area contributed by atoms with Gasteiger partial charge in [-0.1, -0.05) is 54.1 Å². The van der Waals surface area contributed by atoms with E-state index in [9.17, 15) is 14.4 Å². The largest absolute Gasteiger partial charge is 0.466 e. The molecule has 0 atom stereocenters. The minimum absolute atomic E-state index is 0.109. The summed E-state index contributed by atoms with van der Waals surface area (Å²) >= 11 is 0. The Hall–Kier alpha value is -3.82. The Labute approximate surface area is 230 Å². The fraction of sp³-hybridized carbons (Fsp3) is 0.400. The molecule has 4 rings (SSSR count). The van der Waals surface area contributed by atoms with Gasteiger partial charge in [-0.05, 0) is 43.5 Å². The van der Waals surface area contributed by atoms with Crippen molar-refractivity contribution in [2.45, 2.75) is 40.3 Å². The molecule has 3 aromatic rings. The second-order valence-electron chi connectivity index (χ2n) is 9.56. The van der Waals surface area contributed by atoms with Crippen LogP contribution in [0, 0.1) is 13.8 Å². The Balaban J connectivity index is 0.000000218. The number of carbonyl (C=O) groups is 2. The first kappa shape index (κ1) is 29.7. The number of benzene rings is 2. The lowest BCUT2D eigenvalue weighted by molar-refractivity contribution is -0.142. The van der Waals surface area contributed by atoms with Gasteiger partial charge in [0.1, 0.15) is 0 Å². The van der Waals surface area contributed by atoms with Crippen molar-refractivity contribution in [3.8, 4) is 0 Å². The second-order valence-corrected chi connectivity index (χ2v) is 9.56. The molecule has 2 aromatic carbocycles. The number of piperazine rings is 1. The van der Waals surface area contributed by atoms with Crippen molar-refractivity contribution >= 4 is 11.9 Å². The van der Waals surface area contributed by atoms with Crippen LogP contribution in [-0.4, -0.2) is 65.9 Å². The van der Waals surface area contributed by atoms with E-state index < -0.39 is 0 Å². The zero-order chi connectivity index (χ0) is 28.0. The number of hydrogen-bond donors (Lipinski definition) is 2. The minimum atomic E-state index is -0.250. The summed E-state index contributed by atoms with van der Waals surface area (Å²) in [4.78, 5) is 37.2. The minimum Gasteiger partial charge on any atom is -0.466 e. The van der Waals surface area contributed by atoms with Gasteiger partial charge in [0, 0.05) is 38.8 Å². The first-order valence-corrected chi connectivity index (χ1v) is 13.4. The van der Waals surface area contributed by atoms with Crippen LogP contribution in [0.5, 0.6) is 0 Å². The number of rotatable bonds is 9. The van der Waals surface area contributed by atoms with Crippen molar-refractivity contribution in [3.63, 3.8) is 0 Å². The molecule has 2 N–H and O–H groups in total. The molecule has 9 heteroatoms. The molecule has 0 spiro atoms. The van der Waals surface area contributed by atoms with Gasteiger partial charge in [0.25, 0.3) is 5.56 Å². The Morgan fingerprint density at radius 3 is 2.41 bits per heavy atom. The summed E-state index contributed by atoms with van der Waals surface area (Å²) in [6.07, 6.45) is 0.234. The maximum absolute atomic E-state index is 11.8. The molecular weight excluding hydrogens is 494 g/mol. The van der Waals surface area contributed by atoms with Crippen molar-refractivity contribution in [1.29, 1.82) is 0 Å². The van der Waals surface area contributed by atoms with Crippen LogP contribution in [-0.2, 0) is 33.8 Å². The number of carbonyl (C=O) groups excluding carboxylic acids is 2. The third-order valence-electron chi connectivity index (χ3n) is 6.16. The number of amides is 1. The monoisotopic (exact) mass is 533 g/mol. The van der Waals surface area contributed by atoms with E-state index in [4.69, 9.17) is 4.74 Å². The smallest absolute Gasteiger partial charge is 0.310 e. The predicted octanol–water partition coefficient (Wildman–Crippen LogP) is 2.22. The standard InChI is InChI=1S/C16H18N2O3.C14H21N3O/c1-3-21-16(20)10-13-5-4-6-14(9-13)11-18-15(19)8-7-12(2)17-18;1-12-2-4-13(5-3-12)10-16-14(18)11-17-8-6-15-7-9-17/h4-9H,3,10-11H2,1-2H3;2-5,15H,6-11H2,1H3,(H,16,18). The van der Waals surface area contributed by atoms with E-state index in [-0.39, 0.29) is 23.9 Å². The number of nitrogens with zero attached hydrogens (tertiary/aromatic N) is 3. The first-order chi connectivity index (χ1) is 18.8. The molecule has 1 amide bonds. The Morgan fingerprint density at radius 2 is 1.69 bits per heavy atom. The quantitative estimate of drug-likeness (QED) is 0.407. The molecular formula is C30H39N5O4. The average Bonchev–Trinajstić information content (AvgIpc) is 2.92. The van der Waals surface area contributed by atoms with Crippen LogP contribution in [0.1, 0.15) is 34.9 Å². The zero-order valence-corrected chi connectivity index (χ0v) is 23.1. The number of esters is 1. The van der Waals surface area contributed by atoms with Crippen molar-refractivity contribution in [1.82, 2.24) is 25.3 Å². The van der Waals surface area contributed by atoms with Gasteiger partial charge in [-0.2, -0.15) is 5.10 Å². The molecule has 0 unspecified atom stereocenters. The molecule has 1 saturated heterocycles.